The van der Waals surface area contributed by atoms with Crippen LogP contribution in [0.5, 0.6) is 0 Å². The molecule has 54 heavy (non-hydrogen) atoms. The normalized spacial score (nSPS) is 12.5. The first-order chi connectivity index (χ1) is 25.1. The Morgan fingerprint density at radius 2 is 1.15 bits per heavy atom. The zero-order chi connectivity index (χ0) is 42.1. The fraction of sp³-hybridized carbons (Fsp3) is 0.634. The number of rotatable bonds is 19. The molecule has 2 rings (SSSR count). The number of hydrogen-bond donors (Lipinski definition) is 3. The molecular weight excluding hydrogens is 713 g/mol. The van der Waals surface area contributed by atoms with Crippen molar-refractivity contribution in [2.24, 2.45) is 5.41 Å². The highest BCUT2D eigenvalue weighted by Gasteiger charge is 2.26. The molecular formula is C41H70N2O10S. The maximum Gasteiger partial charge on any atom is 0.317 e. The molecule has 0 saturated carbocycles. The quantitative estimate of drug-likeness (QED) is 0.0769. The second-order valence-corrected chi connectivity index (χ2v) is 15.7. The van der Waals surface area contributed by atoms with Crippen LogP contribution in [-0.2, 0) is 42.3 Å². The van der Waals surface area contributed by atoms with Crippen molar-refractivity contribution in [3.05, 3.63) is 70.8 Å². The molecule has 0 aromatic heterocycles. The third kappa shape index (κ3) is 24.1. The fourth-order valence-corrected chi connectivity index (χ4v) is 5.05. The Bertz CT molecular complexity index is 1410. The number of aliphatic hydroxyl groups is 1. The fourth-order valence-electron chi connectivity index (χ4n) is 5.05. The summed E-state index contributed by atoms with van der Waals surface area (Å²) in [4.78, 5) is 34.0. The van der Waals surface area contributed by atoms with Gasteiger partial charge in [-0.1, -0.05) is 83.1 Å². The minimum absolute atomic E-state index is 0.0995. The topological polar surface area (TPSA) is 182 Å². The van der Waals surface area contributed by atoms with E-state index in [1.54, 1.807) is 0 Å². The van der Waals surface area contributed by atoms with Crippen molar-refractivity contribution in [3.8, 4) is 0 Å². The molecule has 0 fully saturated rings. The van der Waals surface area contributed by atoms with Gasteiger partial charge in [0.15, 0.2) is 0 Å². The lowest BCUT2D eigenvalue weighted by Crippen LogP contribution is -2.46. The Labute approximate surface area is 325 Å². The summed E-state index contributed by atoms with van der Waals surface area (Å²) in [7, 11) is -3.92. The first-order valence-corrected chi connectivity index (χ1v) is 20.8. The summed E-state index contributed by atoms with van der Waals surface area (Å²) in [5.41, 5.74) is 4.69. The van der Waals surface area contributed by atoms with E-state index in [2.05, 4.69) is 72.7 Å². The molecule has 2 unspecified atom stereocenters. The number of hydrogen-bond acceptors (Lipinski definition) is 9. The predicted octanol–water partition coefficient (Wildman–Crippen LogP) is 6.87. The maximum absolute atomic E-state index is 11.1. The minimum atomic E-state index is -3.92. The highest BCUT2D eigenvalue weighted by Crippen LogP contribution is 2.22. The van der Waals surface area contributed by atoms with Gasteiger partial charge in [0.1, 0.15) is 13.2 Å². The molecule has 0 aliphatic rings. The Kier molecular flexibility index (Phi) is 26.6. The lowest BCUT2D eigenvalue weighted by atomic mass is 9.91. The van der Waals surface area contributed by atoms with E-state index < -0.39 is 27.5 Å². The van der Waals surface area contributed by atoms with Crippen LogP contribution in [0.1, 0.15) is 123 Å². The molecule has 0 radical (unpaired) electrons. The molecule has 12 nitrogen and oxygen atoms in total. The largest absolute Gasteiger partial charge is 0.748 e. The van der Waals surface area contributed by atoms with E-state index in [0.29, 0.717) is 24.6 Å². The number of aliphatic hydroxyl groups excluding tert-OH is 1. The smallest absolute Gasteiger partial charge is 0.317 e. The summed E-state index contributed by atoms with van der Waals surface area (Å²) in [5.74, 6) is -1.13. The molecule has 3 N–H and O–H groups in total. The van der Waals surface area contributed by atoms with Gasteiger partial charge in [0.05, 0.1) is 54.9 Å². The summed E-state index contributed by atoms with van der Waals surface area (Å²) in [5, 5.41) is 26.0. The summed E-state index contributed by atoms with van der Waals surface area (Å²) in [6.45, 7) is 25.9. The standard InChI is InChI=1S/C17H30N.C15H21NO4.C8H16O3.CH4O3S/c1-6-15(5)17-12-10-16(11-13-17)14-18(7-2,8-3)9-4;1-3-11(2)13-6-4-12(5-7-13)8-16(9-14(17)18)10-15(19)20;1-4-8(2,3)7(10)11-6-5-9;1-5(2,3)4/h10-13,15H,6-9,14H2,1-5H3;4-7,11H,3,8-10H2,1-2H3,(H,17,18)(H,19,20);9H,4-6H2,1-3H3;1H3,(H,2,3,4)/q+1;;;/p-1. The molecule has 310 valence electrons. The molecule has 0 aliphatic heterocycles. The summed E-state index contributed by atoms with van der Waals surface area (Å²) in [6.07, 6.45) is 3.63. The van der Waals surface area contributed by atoms with Crippen molar-refractivity contribution in [1.82, 2.24) is 4.90 Å². The third-order valence-electron chi connectivity index (χ3n) is 9.74. The number of carboxylic acids is 2. The highest BCUT2D eigenvalue weighted by atomic mass is 32.2. The van der Waals surface area contributed by atoms with Crippen molar-refractivity contribution in [1.29, 1.82) is 0 Å². The second-order valence-electron chi connectivity index (χ2n) is 14.3. The summed E-state index contributed by atoms with van der Waals surface area (Å²) >= 11 is 0. The number of quaternary nitrogens is 1. The van der Waals surface area contributed by atoms with Crippen LogP contribution in [0.4, 0.5) is 0 Å². The molecule has 2 aromatic carbocycles. The van der Waals surface area contributed by atoms with Crippen LogP contribution in [0.15, 0.2) is 48.5 Å². The lowest BCUT2D eigenvalue weighted by molar-refractivity contribution is -0.936. The average molecular weight is 783 g/mol. The number of carbonyl (C=O) groups is 3. The van der Waals surface area contributed by atoms with Crippen LogP contribution >= 0.6 is 0 Å². The average Bonchev–Trinajstić information content (AvgIpc) is 3.12. The van der Waals surface area contributed by atoms with Gasteiger partial charge in [-0.3, -0.25) is 19.3 Å². The zero-order valence-corrected chi connectivity index (χ0v) is 35.6. The van der Waals surface area contributed by atoms with E-state index >= 15 is 0 Å². The number of carboxylic acid groups (broad SMARTS) is 2. The van der Waals surface area contributed by atoms with Crippen molar-refractivity contribution < 1.29 is 51.9 Å². The van der Waals surface area contributed by atoms with Crippen LogP contribution in [0.25, 0.3) is 0 Å². The van der Waals surface area contributed by atoms with Gasteiger partial charge in [-0.15, -0.1) is 0 Å². The third-order valence-corrected chi connectivity index (χ3v) is 9.74. The SMILES string of the molecule is CCC(C)(C)C(=O)OCCO.CCC(C)c1ccc(CN(CC(=O)O)CC(=O)O)cc1.CCC(C)c1ccc(C[N+](CC)(CC)CC)cc1.CS(=O)(=O)[O-]. The molecule has 13 heteroatoms. The first kappa shape index (κ1) is 52.7. The molecule has 0 aliphatic carbocycles. The highest BCUT2D eigenvalue weighted by molar-refractivity contribution is 7.84. The molecule has 2 aromatic rings. The van der Waals surface area contributed by atoms with Gasteiger partial charge in [-0.2, -0.15) is 0 Å². The van der Waals surface area contributed by atoms with Crippen LogP contribution in [0.2, 0.25) is 0 Å². The van der Waals surface area contributed by atoms with E-state index in [9.17, 15) is 14.4 Å². The summed E-state index contributed by atoms with van der Waals surface area (Å²) < 4.78 is 33.2. The van der Waals surface area contributed by atoms with Gasteiger partial charge in [0, 0.05) is 18.4 Å². The number of carbonyl (C=O) groups excluding carboxylic acids is 1. The Morgan fingerprint density at radius 3 is 1.44 bits per heavy atom. The van der Waals surface area contributed by atoms with E-state index in [1.807, 2.05) is 45.0 Å². The number of nitrogens with zero attached hydrogens (tertiary/aromatic N) is 2. The van der Waals surface area contributed by atoms with Gasteiger partial charge in [-0.05, 0) is 82.4 Å². The van der Waals surface area contributed by atoms with Crippen LogP contribution in [0.3, 0.4) is 0 Å². The van der Waals surface area contributed by atoms with Gasteiger partial charge < -0.3 is 29.1 Å². The number of esters is 1. The second kappa shape index (κ2) is 27.3. The van der Waals surface area contributed by atoms with Gasteiger partial charge >= 0.3 is 17.9 Å². The first-order valence-electron chi connectivity index (χ1n) is 18.9. The van der Waals surface area contributed by atoms with Gasteiger partial charge in [-0.25, -0.2) is 8.42 Å². The summed E-state index contributed by atoms with van der Waals surface area (Å²) in [6, 6.07) is 17.2. The van der Waals surface area contributed by atoms with Crippen molar-refractivity contribution in [2.75, 3.05) is 52.2 Å². The molecule has 0 bridgehead atoms. The van der Waals surface area contributed by atoms with E-state index in [-0.39, 0.29) is 32.3 Å². The Morgan fingerprint density at radius 1 is 0.778 bits per heavy atom. The van der Waals surface area contributed by atoms with Crippen LogP contribution < -0.4 is 0 Å². The van der Waals surface area contributed by atoms with Crippen LogP contribution in [-0.4, -0.2) is 108 Å². The number of aliphatic carboxylic acids is 2. The Hall–Kier alpha value is -3.36. The maximum atomic E-state index is 11.1. The monoisotopic (exact) mass is 782 g/mol. The van der Waals surface area contributed by atoms with Crippen LogP contribution in [0, 0.1) is 5.41 Å². The molecule has 0 saturated heterocycles. The minimum Gasteiger partial charge on any atom is -0.748 e. The van der Waals surface area contributed by atoms with E-state index in [1.165, 1.54) is 58.7 Å². The molecule has 0 spiro atoms. The molecule has 2 atom stereocenters. The molecule has 0 amide bonds. The van der Waals surface area contributed by atoms with Crippen molar-refractivity contribution in [3.63, 3.8) is 0 Å². The van der Waals surface area contributed by atoms with Crippen molar-refractivity contribution >= 4 is 28.0 Å². The zero-order valence-electron chi connectivity index (χ0n) is 34.8. The van der Waals surface area contributed by atoms with E-state index in [4.69, 9.17) is 33.0 Å². The molecule has 0 heterocycles. The number of ether oxygens (including phenoxy) is 1. The number of benzene rings is 2. The van der Waals surface area contributed by atoms with E-state index in [0.717, 1.165) is 18.4 Å². The Balaban J connectivity index is 0. The van der Waals surface area contributed by atoms with Gasteiger partial charge in [0.25, 0.3) is 0 Å². The lowest BCUT2D eigenvalue weighted by Gasteiger charge is -2.36. The van der Waals surface area contributed by atoms with Crippen molar-refractivity contribution in [2.45, 2.75) is 113 Å². The predicted molar refractivity (Wildman–Crippen MR) is 214 cm³/mol. The van der Waals surface area contributed by atoms with Gasteiger partial charge in [0.2, 0.25) is 0 Å².